The van der Waals surface area contributed by atoms with Crippen molar-refractivity contribution < 1.29 is 5.11 Å². The second kappa shape index (κ2) is 8.49. The lowest BCUT2D eigenvalue weighted by Gasteiger charge is -2.36. The first-order chi connectivity index (χ1) is 15.4. The zero-order chi connectivity index (χ0) is 22.3. The first-order valence-corrected chi connectivity index (χ1v) is 12.1. The van der Waals surface area contributed by atoms with E-state index in [9.17, 15) is 5.11 Å². The summed E-state index contributed by atoms with van der Waals surface area (Å²) >= 11 is 0. The summed E-state index contributed by atoms with van der Waals surface area (Å²) in [6.07, 6.45) is 11.1. The van der Waals surface area contributed by atoms with Crippen LogP contribution in [0.4, 0.5) is 0 Å². The van der Waals surface area contributed by atoms with E-state index in [2.05, 4.69) is 31.6 Å². The molecule has 5 rings (SSSR count). The Kier molecular flexibility index (Phi) is 5.68. The third kappa shape index (κ3) is 4.14. The smallest absolute Gasteiger partial charge is 0.139 e. The number of piperidine rings is 1. The molecular weight excluding hydrogens is 400 g/mol. The predicted molar refractivity (Wildman–Crippen MR) is 125 cm³/mol. The first kappa shape index (κ1) is 21.4. The number of pyridine rings is 1. The number of β-amino-alcohol motifs (C(OH)–C–C–N with tert-alkyl or cyclic N) is 1. The van der Waals surface area contributed by atoms with Crippen molar-refractivity contribution in [3.8, 4) is 6.07 Å². The molecule has 2 fully saturated rings. The SMILES string of the molecule is CC(C)(O)CN1CCC(c2nc3cnc4[nH]ccc4c3n2[C@H]2CC[C@H](CC#N)CC2)CC1. The van der Waals surface area contributed by atoms with Gasteiger partial charge in [-0.1, -0.05) is 0 Å². The molecule has 0 aromatic carbocycles. The van der Waals surface area contributed by atoms with E-state index in [1.165, 1.54) is 11.3 Å². The van der Waals surface area contributed by atoms with Gasteiger partial charge in [-0.25, -0.2) is 9.97 Å². The van der Waals surface area contributed by atoms with Gasteiger partial charge in [0, 0.05) is 36.5 Å². The number of fused-ring (bicyclic) bond motifs is 3. The van der Waals surface area contributed by atoms with Gasteiger partial charge in [-0.3, -0.25) is 0 Å². The van der Waals surface area contributed by atoms with Gasteiger partial charge in [-0.15, -0.1) is 0 Å². The van der Waals surface area contributed by atoms with Crippen molar-refractivity contribution in [2.75, 3.05) is 19.6 Å². The van der Waals surface area contributed by atoms with Gasteiger partial charge in [0.1, 0.15) is 17.0 Å². The summed E-state index contributed by atoms with van der Waals surface area (Å²) in [4.78, 5) is 15.4. The summed E-state index contributed by atoms with van der Waals surface area (Å²) < 4.78 is 2.55. The van der Waals surface area contributed by atoms with Crippen LogP contribution in [-0.2, 0) is 0 Å². The van der Waals surface area contributed by atoms with E-state index in [0.29, 0.717) is 30.8 Å². The highest BCUT2D eigenvalue weighted by atomic mass is 16.3. The van der Waals surface area contributed by atoms with E-state index in [1.54, 1.807) is 0 Å². The molecule has 7 nitrogen and oxygen atoms in total. The van der Waals surface area contributed by atoms with Gasteiger partial charge in [-0.05, 0) is 77.4 Å². The second-order valence-electron chi connectivity index (χ2n) is 10.5. The summed E-state index contributed by atoms with van der Waals surface area (Å²) in [5.41, 5.74) is 2.47. The number of nitriles is 1. The van der Waals surface area contributed by atoms with Crippen molar-refractivity contribution in [1.29, 1.82) is 5.26 Å². The zero-order valence-corrected chi connectivity index (χ0v) is 19.2. The van der Waals surface area contributed by atoms with Crippen molar-refractivity contribution in [1.82, 2.24) is 24.4 Å². The van der Waals surface area contributed by atoms with E-state index in [4.69, 9.17) is 10.2 Å². The van der Waals surface area contributed by atoms with E-state index in [-0.39, 0.29) is 0 Å². The molecule has 7 heteroatoms. The maximum Gasteiger partial charge on any atom is 0.139 e. The molecule has 0 unspecified atom stereocenters. The number of nitrogens with zero attached hydrogens (tertiary/aromatic N) is 5. The maximum atomic E-state index is 10.2. The number of aromatic amines is 1. The molecular formula is C25H34N6O. The summed E-state index contributed by atoms with van der Waals surface area (Å²) in [5, 5.41) is 20.5. The molecule has 1 aliphatic heterocycles. The van der Waals surface area contributed by atoms with Crippen molar-refractivity contribution >= 4 is 22.1 Å². The number of nitrogens with one attached hydrogen (secondary N) is 1. The Labute approximate surface area is 189 Å². The van der Waals surface area contributed by atoms with E-state index < -0.39 is 5.60 Å². The van der Waals surface area contributed by atoms with Crippen molar-refractivity contribution in [3.63, 3.8) is 0 Å². The molecule has 2 N–H and O–H groups in total. The van der Waals surface area contributed by atoms with Crippen LogP contribution in [0.1, 0.15) is 76.6 Å². The van der Waals surface area contributed by atoms with Gasteiger partial charge in [-0.2, -0.15) is 5.26 Å². The molecule has 0 radical (unpaired) electrons. The van der Waals surface area contributed by atoms with Crippen molar-refractivity contribution in [2.45, 2.75) is 76.4 Å². The van der Waals surface area contributed by atoms with E-state index >= 15 is 0 Å². The average Bonchev–Trinajstić information content (AvgIpc) is 3.38. The molecule has 0 spiro atoms. The largest absolute Gasteiger partial charge is 0.389 e. The van der Waals surface area contributed by atoms with Crippen LogP contribution in [0.3, 0.4) is 0 Å². The van der Waals surface area contributed by atoms with Gasteiger partial charge in [0.15, 0.2) is 0 Å². The molecule has 1 aliphatic carbocycles. The van der Waals surface area contributed by atoms with Crippen LogP contribution in [0.25, 0.3) is 22.1 Å². The van der Waals surface area contributed by atoms with Crippen LogP contribution in [0, 0.1) is 17.2 Å². The lowest BCUT2D eigenvalue weighted by Crippen LogP contribution is -2.42. The van der Waals surface area contributed by atoms with E-state index in [1.807, 2.05) is 26.2 Å². The predicted octanol–water partition coefficient (Wildman–Crippen LogP) is 4.51. The lowest BCUT2D eigenvalue weighted by molar-refractivity contribution is 0.0277. The summed E-state index contributed by atoms with van der Waals surface area (Å²) in [6, 6.07) is 4.92. The molecule has 0 amide bonds. The van der Waals surface area contributed by atoms with Gasteiger partial charge in [0.25, 0.3) is 0 Å². The maximum absolute atomic E-state index is 10.2. The molecule has 0 bridgehead atoms. The van der Waals surface area contributed by atoms with Crippen LogP contribution in [0.5, 0.6) is 0 Å². The minimum absolute atomic E-state index is 0.422. The number of hydrogen-bond acceptors (Lipinski definition) is 5. The van der Waals surface area contributed by atoms with Crippen molar-refractivity contribution in [2.24, 2.45) is 5.92 Å². The van der Waals surface area contributed by atoms with E-state index in [0.717, 1.165) is 68.2 Å². The number of imidazole rings is 1. The first-order valence-electron chi connectivity index (χ1n) is 12.1. The zero-order valence-electron chi connectivity index (χ0n) is 19.2. The highest BCUT2D eigenvalue weighted by molar-refractivity contribution is 6.01. The normalized spacial score (nSPS) is 23.7. The Morgan fingerprint density at radius 2 is 1.94 bits per heavy atom. The number of hydrogen-bond donors (Lipinski definition) is 2. The minimum Gasteiger partial charge on any atom is -0.389 e. The molecule has 170 valence electrons. The highest BCUT2D eigenvalue weighted by Crippen LogP contribution is 2.41. The Bertz CT molecular complexity index is 1120. The molecule has 0 atom stereocenters. The minimum atomic E-state index is -0.659. The number of likely N-dealkylation sites (tertiary alicyclic amines) is 1. The quantitative estimate of drug-likeness (QED) is 0.616. The Morgan fingerprint density at radius 1 is 1.19 bits per heavy atom. The summed E-state index contributed by atoms with van der Waals surface area (Å²) in [6.45, 7) is 6.47. The van der Waals surface area contributed by atoms with Crippen LogP contribution >= 0.6 is 0 Å². The standard InChI is InChI=1S/C25H34N6O/c1-25(2,32)16-30-13-9-18(10-14-30)24-29-21-15-28-23-20(8-12-27-23)22(21)31(24)19-5-3-17(4-6-19)7-11-26/h8,12,15,17-19,32H,3-7,9-10,13-14,16H2,1-2H3,(H,27,28)/t17-,19-. The molecule has 4 heterocycles. The third-order valence-corrected chi connectivity index (χ3v) is 7.39. The fourth-order valence-corrected chi connectivity index (χ4v) is 5.90. The van der Waals surface area contributed by atoms with Gasteiger partial charge in [0.05, 0.1) is 23.4 Å². The van der Waals surface area contributed by atoms with Crippen LogP contribution in [-0.4, -0.2) is 54.8 Å². The fraction of sp³-hybridized carbons (Fsp3) is 0.640. The molecule has 32 heavy (non-hydrogen) atoms. The van der Waals surface area contributed by atoms with Crippen LogP contribution < -0.4 is 0 Å². The average molecular weight is 435 g/mol. The molecule has 3 aromatic heterocycles. The number of rotatable bonds is 5. The van der Waals surface area contributed by atoms with Crippen LogP contribution in [0.2, 0.25) is 0 Å². The third-order valence-electron chi connectivity index (χ3n) is 7.39. The van der Waals surface area contributed by atoms with Gasteiger partial charge in [0.2, 0.25) is 0 Å². The van der Waals surface area contributed by atoms with Gasteiger partial charge < -0.3 is 19.6 Å². The highest BCUT2D eigenvalue weighted by Gasteiger charge is 2.32. The number of H-pyrrole nitrogens is 1. The molecule has 1 saturated heterocycles. The van der Waals surface area contributed by atoms with Crippen LogP contribution in [0.15, 0.2) is 18.5 Å². The topological polar surface area (TPSA) is 93.8 Å². The van der Waals surface area contributed by atoms with Crippen molar-refractivity contribution in [3.05, 3.63) is 24.3 Å². The Morgan fingerprint density at radius 3 is 2.62 bits per heavy atom. The Balaban J connectivity index is 1.48. The Hall–Kier alpha value is -2.43. The number of aliphatic hydroxyl groups is 1. The number of aromatic nitrogens is 4. The molecule has 3 aromatic rings. The summed E-state index contributed by atoms with van der Waals surface area (Å²) in [7, 11) is 0. The molecule has 1 saturated carbocycles. The van der Waals surface area contributed by atoms with Gasteiger partial charge >= 0.3 is 0 Å². The lowest BCUT2D eigenvalue weighted by atomic mass is 9.84. The second-order valence-corrected chi connectivity index (χ2v) is 10.5. The molecule has 2 aliphatic rings. The fourth-order valence-electron chi connectivity index (χ4n) is 5.90. The summed E-state index contributed by atoms with van der Waals surface area (Å²) in [5.74, 6) is 2.17. The monoisotopic (exact) mass is 434 g/mol.